The third-order valence-corrected chi connectivity index (χ3v) is 3.14. The van der Waals surface area contributed by atoms with Crippen molar-refractivity contribution in [2.75, 3.05) is 6.54 Å². The standard InChI is InChI=1S/C9H16N2O/c1-9(2)7-6(11-8(9)12)4-3-5-10-7/h6-7,10H,3-5H2,1-2H3,(H,11,12)/t6-,7+/m0/s1. The van der Waals surface area contributed by atoms with Crippen molar-refractivity contribution in [1.29, 1.82) is 0 Å². The molecule has 2 fully saturated rings. The van der Waals surface area contributed by atoms with Crippen molar-refractivity contribution in [3.8, 4) is 0 Å². The lowest BCUT2D eigenvalue weighted by Gasteiger charge is -2.32. The SMILES string of the molecule is CC1(C)C(=O)N[C@H]2CCCN[C@H]21. The molecular formula is C9H16N2O. The third kappa shape index (κ3) is 0.959. The monoisotopic (exact) mass is 168 g/mol. The molecule has 3 nitrogen and oxygen atoms in total. The lowest BCUT2D eigenvalue weighted by Crippen LogP contribution is -2.50. The summed E-state index contributed by atoms with van der Waals surface area (Å²) >= 11 is 0. The van der Waals surface area contributed by atoms with Gasteiger partial charge >= 0.3 is 0 Å². The Kier molecular flexibility index (Phi) is 1.65. The lowest BCUT2D eigenvalue weighted by molar-refractivity contribution is -0.126. The van der Waals surface area contributed by atoms with Crippen LogP contribution < -0.4 is 10.6 Å². The molecule has 0 radical (unpaired) electrons. The number of amides is 1. The first-order chi connectivity index (χ1) is 5.62. The fraction of sp³-hybridized carbons (Fsp3) is 0.889. The molecule has 12 heavy (non-hydrogen) atoms. The summed E-state index contributed by atoms with van der Waals surface area (Å²) in [5, 5.41) is 6.46. The molecule has 0 aromatic carbocycles. The second-order valence-electron chi connectivity index (χ2n) is 4.38. The average Bonchev–Trinajstić information content (AvgIpc) is 2.25. The van der Waals surface area contributed by atoms with Crippen LogP contribution in [-0.4, -0.2) is 24.5 Å². The Labute approximate surface area is 72.9 Å². The molecule has 0 saturated carbocycles. The number of carbonyl (C=O) groups is 1. The molecule has 0 aliphatic carbocycles. The Morgan fingerprint density at radius 3 is 2.92 bits per heavy atom. The van der Waals surface area contributed by atoms with Gasteiger partial charge in [-0.25, -0.2) is 0 Å². The minimum atomic E-state index is -0.217. The van der Waals surface area contributed by atoms with Crippen LogP contribution in [0.15, 0.2) is 0 Å². The van der Waals surface area contributed by atoms with Crippen molar-refractivity contribution in [1.82, 2.24) is 10.6 Å². The molecule has 2 aliphatic rings. The fourth-order valence-corrected chi connectivity index (χ4v) is 2.30. The highest BCUT2D eigenvalue weighted by Gasteiger charge is 2.48. The normalized spacial score (nSPS) is 39.0. The van der Waals surface area contributed by atoms with E-state index in [1.165, 1.54) is 6.42 Å². The van der Waals surface area contributed by atoms with Crippen LogP contribution in [0.25, 0.3) is 0 Å². The maximum absolute atomic E-state index is 11.5. The van der Waals surface area contributed by atoms with E-state index in [1.54, 1.807) is 0 Å². The van der Waals surface area contributed by atoms with Crippen LogP contribution in [0, 0.1) is 5.41 Å². The average molecular weight is 168 g/mol. The topological polar surface area (TPSA) is 41.1 Å². The predicted molar refractivity (Wildman–Crippen MR) is 46.7 cm³/mol. The summed E-state index contributed by atoms with van der Waals surface area (Å²) in [4.78, 5) is 11.5. The fourth-order valence-electron chi connectivity index (χ4n) is 2.30. The van der Waals surface area contributed by atoms with Gasteiger partial charge in [0.05, 0.1) is 5.41 Å². The van der Waals surface area contributed by atoms with Crippen molar-refractivity contribution in [3.63, 3.8) is 0 Å². The molecule has 2 saturated heterocycles. The summed E-state index contributed by atoms with van der Waals surface area (Å²) in [6.07, 6.45) is 2.31. The molecule has 2 heterocycles. The summed E-state index contributed by atoms with van der Waals surface area (Å²) in [5.41, 5.74) is -0.217. The quantitative estimate of drug-likeness (QED) is 0.545. The maximum atomic E-state index is 11.5. The van der Waals surface area contributed by atoms with Gasteiger partial charge in [0.1, 0.15) is 0 Å². The van der Waals surface area contributed by atoms with Gasteiger partial charge < -0.3 is 10.6 Å². The number of hydrogen-bond acceptors (Lipinski definition) is 2. The van der Waals surface area contributed by atoms with Gasteiger partial charge in [0.2, 0.25) is 5.91 Å². The third-order valence-electron chi connectivity index (χ3n) is 3.14. The summed E-state index contributed by atoms with van der Waals surface area (Å²) in [5.74, 6) is 0.201. The van der Waals surface area contributed by atoms with Gasteiger partial charge in [-0.3, -0.25) is 4.79 Å². The molecule has 2 rings (SSSR count). The van der Waals surface area contributed by atoms with Crippen LogP contribution in [0.5, 0.6) is 0 Å². The van der Waals surface area contributed by atoms with E-state index in [1.807, 2.05) is 13.8 Å². The molecule has 2 N–H and O–H groups in total. The number of carbonyl (C=O) groups excluding carboxylic acids is 1. The van der Waals surface area contributed by atoms with Crippen LogP contribution in [0.1, 0.15) is 26.7 Å². The number of nitrogens with one attached hydrogen (secondary N) is 2. The van der Waals surface area contributed by atoms with E-state index in [0.717, 1.165) is 13.0 Å². The second kappa shape index (κ2) is 2.46. The van der Waals surface area contributed by atoms with Crippen molar-refractivity contribution < 1.29 is 4.79 Å². The first kappa shape index (κ1) is 8.05. The zero-order valence-electron chi connectivity index (χ0n) is 7.68. The first-order valence-corrected chi connectivity index (χ1v) is 4.67. The number of rotatable bonds is 0. The highest BCUT2D eigenvalue weighted by Crippen LogP contribution is 2.32. The Balaban J connectivity index is 2.22. The predicted octanol–water partition coefficient (Wildman–Crippen LogP) is 0.263. The second-order valence-corrected chi connectivity index (χ2v) is 4.38. The van der Waals surface area contributed by atoms with E-state index < -0.39 is 0 Å². The van der Waals surface area contributed by atoms with Crippen molar-refractivity contribution in [2.45, 2.75) is 38.8 Å². The van der Waals surface area contributed by atoms with E-state index in [2.05, 4.69) is 10.6 Å². The summed E-state index contributed by atoms with van der Waals surface area (Å²) in [6, 6.07) is 0.722. The largest absolute Gasteiger partial charge is 0.351 e. The molecule has 0 spiro atoms. The van der Waals surface area contributed by atoms with Crippen LogP contribution in [0.4, 0.5) is 0 Å². The first-order valence-electron chi connectivity index (χ1n) is 4.67. The minimum Gasteiger partial charge on any atom is -0.351 e. The van der Waals surface area contributed by atoms with Crippen LogP contribution in [0.2, 0.25) is 0 Å². The highest BCUT2D eigenvalue weighted by molar-refractivity contribution is 5.85. The maximum Gasteiger partial charge on any atom is 0.227 e. The molecular weight excluding hydrogens is 152 g/mol. The van der Waals surface area contributed by atoms with Crippen molar-refractivity contribution >= 4 is 5.91 Å². The van der Waals surface area contributed by atoms with E-state index in [9.17, 15) is 4.79 Å². The van der Waals surface area contributed by atoms with Gasteiger partial charge in [-0.05, 0) is 33.2 Å². The van der Waals surface area contributed by atoms with Crippen molar-refractivity contribution in [3.05, 3.63) is 0 Å². The Hall–Kier alpha value is -0.570. The Morgan fingerprint density at radius 2 is 2.25 bits per heavy atom. The number of fused-ring (bicyclic) bond motifs is 1. The molecule has 0 aromatic rings. The summed E-state index contributed by atoms with van der Waals surface area (Å²) < 4.78 is 0. The molecule has 68 valence electrons. The zero-order chi connectivity index (χ0) is 8.77. The van der Waals surface area contributed by atoms with E-state index >= 15 is 0 Å². The van der Waals surface area contributed by atoms with E-state index in [4.69, 9.17) is 0 Å². The van der Waals surface area contributed by atoms with Gasteiger partial charge in [-0.1, -0.05) is 0 Å². The van der Waals surface area contributed by atoms with Crippen LogP contribution in [-0.2, 0) is 4.79 Å². The zero-order valence-corrected chi connectivity index (χ0v) is 7.68. The molecule has 0 aromatic heterocycles. The van der Waals surface area contributed by atoms with Gasteiger partial charge in [-0.2, -0.15) is 0 Å². The minimum absolute atomic E-state index is 0.201. The van der Waals surface area contributed by atoms with Gasteiger partial charge in [0.15, 0.2) is 0 Å². The molecule has 2 aliphatic heterocycles. The Bertz CT molecular complexity index is 213. The van der Waals surface area contributed by atoms with Crippen LogP contribution >= 0.6 is 0 Å². The summed E-state index contributed by atoms with van der Waals surface area (Å²) in [7, 11) is 0. The van der Waals surface area contributed by atoms with E-state index in [0.29, 0.717) is 12.1 Å². The van der Waals surface area contributed by atoms with Gasteiger partial charge in [0, 0.05) is 12.1 Å². The molecule has 2 atom stereocenters. The molecule has 0 unspecified atom stereocenters. The van der Waals surface area contributed by atoms with Gasteiger partial charge in [0.25, 0.3) is 0 Å². The van der Waals surface area contributed by atoms with Gasteiger partial charge in [-0.15, -0.1) is 0 Å². The van der Waals surface area contributed by atoms with Crippen molar-refractivity contribution in [2.24, 2.45) is 5.41 Å². The number of piperidine rings is 1. The molecule has 1 amide bonds. The molecule has 3 heteroatoms. The summed E-state index contributed by atoms with van der Waals surface area (Å²) in [6.45, 7) is 5.09. The Morgan fingerprint density at radius 1 is 1.50 bits per heavy atom. The highest BCUT2D eigenvalue weighted by atomic mass is 16.2. The number of hydrogen-bond donors (Lipinski definition) is 2. The van der Waals surface area contributed by atoms with E-state index in [-0.39, 0.29) is 11.3 Å². The smallest absolute Gasteiger partial charge is 0.227 e. The van der Waals surface area contributed by atoms with Crippen LogP contribution in [0.3, 0.4) is 0 Å². The molecule has 0 bridgehead atoms. The lowest BCUT2D eigenvalue weighted by atomic mass is 9.81.